The fourth-order valence-corrected chi connectivity index (χ4v) is 0.289. The molecule has 7 heavy (non-hydrogen) atoms. The zero-order valence-electron chi connectivity index (χ0n) is 4.30. The molecule has 0 bridgehead atoms. The zero-order valence-corrected chi connectivity index (χ0v) is 4.30. The van der Waals surface area contributed by atoms with Crippen molar-refractivity contribution >= 4 is 0 Å². The van der Waals surface area contributed by atoms with Crippen molar-refractivity contribution in [2.75, 3.05) is 13.1 Å². The molecule has 1 atom stereocenters. The van der Waals surface area contributed by atoms with Crippen LogP contribution < -0.4 is 11.1 Å². The molecule has 0 saturated carbocycles. The molecule has 0 amide bonds. The van der Waals surface area contributed by atoms with Gasteiger partial charge in [-0.05, 0) is 0 Å². The van der Waals surface area contributed by atoms with Crippen molar-refractivity contribution in [3.8, 4) is 0 Å². The quantitative estimate of drug-likeness (QED) is 0.351. The molecule has 0 heterocycles. The Morgan fingerprint density at radius 2 is 2.43 bits per heavy atom. The first kappa shape index (κ1) is 6.88. The van der Waals surface area contributed by atoms with Crippen LogP contribution in [0.2, 0.25) is 0 Å². The van der Waals surface area contributed by atoms with E-state index in [0.29, 0.717) is 13.1 Å². The summed E-state index contributed by atoms with van der Waals surface area (Å²) in [5, 5.41) is 10.3. The van der Waals surface area contributed by atoms with Gasteiger partial charge < -0.3 is 16.2 Å². The van der Waals surface area contributed by atoms with E-state index in [1.807, 2.05) is 0 Å². The number of nitrogens with two attached hydrogens (primary N) is 2. The van der Waals surface area contributed by atoms with Crippen molar-refractivity contribution < 1.29 is 10.4 Å². The van der Waals surface area contributed by atoms with E-state index in [-0.39, 0.29) is 0 Å². The lowest BCUT2D eigenvalue weighted by Crippen LogP contribution is -2.80. The maximum absolute atomic E-state index is 8.66. The predicted molar refractivity (Wildman–Crippen MR) is 27.2 cm³/mol. The first-order valence-electron chi connectivity index (χ1n) is 2.30. The molecule has 0 rings (SSSR count). The summed E-state index contributed by atoms with van der Waals surface area (Å²) in [6.07, 6.45) is -0.391. The van der Waals surface area contributed by atoms with Crippen molar-refractivity contribution in [1.29, 1.82) is 0 Å². The molecule has 0 aromatic carbocycles. The molecule has 0 aliphatic heterocycles. The molecule has 1 unspecified atom stereocenters. The van der Waals surface area contributed by atoms with E-state index < -0.39 is 6.10 Å². The Morgan fingerprint density at radius 3 is 2.57 bits per heavy atom. The second kappa shape index (κ2) is 4.05. The highest BCUT2D eigenvalue weighted by Gasteiger charge is 1.95. The van der Waals surface area contributed by atoms with Gasteiger partial charge in [-0.25, -0.2) is 0 Å². The number of quaternary nitrogens is 1. The molecule has 0 aromatic rings. The minimum Gasteiger partial charge on any atom is -0.477 e. The van der Waals surface area contributed by atoms with Gasteiger partial charge in [0.05, 0.1) is 6.54 Å². The minimum absolute atomic E-state index is 0.325. The van der Waals surface area contributed by atoms with Crippen LogP contribution >= 0.6 is 0 Å². The van der Waals surface area contributed by atoms with Crippen LogP contribution in [-0.4, -0.2) is 24.3 Å². The van der Waals surface area contributed by atoms with Gasteiger partial charge >= 0.3 is 0 Å². The predicted octanol–water partition coefficient (Wildman–Crippen LogP) is -2.34. The Bertz CT molecular complexity index is 40.7. The summed E-state index contributed by atoms with van der Waals surface area (Å²) in [6.45, 7) is 0.919. The van der Waals surface area contributed by atoms with Crippen molar-refractivity contribution in [2.24, 2.45) is 5.73 Å². The van der Waals surface area contributed by atoms with Crippen LogP contribution in [-0.2, 0) is 0 Å². The third-order valence-corrected chi connectivity index (χ3v) is 0.711. The molecule has 0 aromatic heterocycles. The molecular weight excluding hydrogens is 92.1 g/mol. The van der Waals surface area contributed by atoms with Crippen molar-refractivity contribution in [2.45, 2.75) is 6.10 Å². The van der Waals surface area contributed by atoms with Crippen LogP contribution in [0.5, 0.6) is 0 Å². The topological polar surface area (TPSA) is 62.9 Å². The smallest absolute Gasteiger partial charge is 0.113 e. The van der Waals surface area contributed by atoms with Gasteiger partial charge in [0.2, 0.25) is 0 Å². The maximum atomic E-state index is 8.66. The van der Waals surface area contributed by atoms with Gasteiger partial charge in [0, 0.05) is 6.54 Å². The van der Waals surface area contributed by atoms with E-state index in [9.17, 15) is 0 Å². The fraction of sp³-hybridized carbons (Fsp3) is 0.750. The molecule has 0 radical (unpaired) electrons. The largest absolute Gasteiger partial charge is 0.477 e. The Balaban J connectivity index is 2.83. The van der Waals surface area contributed by atoms with Gasteiger partial charge in [-0.3, -0.25) is 0 Å². The third kappa shape index (κ3) is 3.72. The molecule has 3 nitrogen and oxygen atoms in total. The number of aliphatic hydroxyl groups is 1. The van der Waals surface area contributed by atoms with Gasteiger partial charge in [0.25, 0.3) is 0 Å². The van der Waals surface area contributed by atoms with Gasteiger partial charge in [-0.1, -0.05) is 0 Å². The number of hydrogen-bond donors (Lipinski definition) is 3. The van der Waals surface area contributed by atoms with Crippen LogP contribution in [0.4, 0.5) is 0 Å². The van der Waals surface area contributed by atoms with Crippen LogP contribution in [0, 0.1) is 7.05 Å². The van der Waals surface area contributed by atoms with Crippen molar-refractivity contribution in [3.63, 3.8) is 0 Å². The molecule has 0 aliphatic rings. The second-order valence-electron chi connectivity index (χ2n) is 1.41. The minimum atomic E-state index is -0.391. The number of aliphatic hydroxyl groups excluding tert-OH is 1. The van der Waals surface area contributed by atoms with Crippen LogP contribution in [0.1, 0.15) is 0 Å². The Kier molecular flexibility index (Phi) is 3.98. The average Bonchev–Trinajstić information content (AvgIpc) is 1.68. The van der Waals surface area contributed by atoms with E-state index in [4.69, 9.17) is 10.8 Å². The van der Waals surface area contributed by atoms with Gasteiger partial charge in [0.15, 0.2) is 0 Å². The summed E-state index contributed by atoms with van der Waals surface area (Å²) >= 11 is 0. The standard InChI is InChI=1S/C4H12N2O/c1-6-3-4(7)2-5/h4,7H,1-3,5-6H2. The molecule has 0 fully saturated rings. The zero-order chi connectivity index (χ0) is 5.70. The average molecular weight is 104 g/mol. The van der Waals surface area contributed by atoms with E-state index >= 15 is 0 Å². The third-order valence-electron chi connectivity index (χ3n) is 0.711. The summed E-state index contributed by atoms with van der Waals surface area (Å²) in [7, 11) is 3.43. The summed E-state index contributed by atoms with van der Waals surface area (Å²) in [6, 6.07) is 0. The summed E-state index contributed by atoms with van der Waals surface area (Å²) in [5.41, 5.74) is 5.06. The van der Waals surface area contributed by atoms with Crippen molar-refractivity contribution in [1.82, 2.24) is 0 Å². The maximum Gasteiger partial charge on any atom is 0.113 e. The van der Waals surface area contributed by atoms with Crippen LogP contribution in [0.15, 0.2) is 0 Å². The lowest BCUT2D eigenvalue weighted by molar-refractivity contribution is -0.602. The monoisotopic (exact) mass is 104 g/mol. The Morgan fingerprint density at radius 1 is 1.86 bits per heavy atom. The Hall–Kier alpha value is -0.120. The van der Waals surface area contributed by atoms with Gasteiger partial charge in [-0.15, -0.1) is 0 Å². The van der Waals surface area contributed by atoms with E-state index in [1.165, 1.54) is 0 Å². The van der Waals surface area contributed by atoms with E-state index in [1.54, 1.807) is 5.32 Å². The molecule has 3 heteroatoms. The molecule has 0 spiro atoms. The van der Waals surface area contributed by atoms with Crippen LogP contribution in [0.25, 0.3) is 0 Å². The highest BCUT2D eigenvalue weighted by molar-refractivity contribution is 4.48. The molecule has 5 N–H and O–H groups in total. The van der Waals surface area contributed by atoms with Gasteiger partial charge in [-0.2, -0.15) is 7.05 Å². The van der Waals surface area contributed by atoms with Gasteiger partial charge in [0.1, 0.15) is 6.10 Å². The first-order chi connectivity index (χ1) is 3.31. The summed E-state index contributed by atoms with van der Waals surface area (Å²) < 4.78 is 0. The Labute approximate surface area is 43.5 Å². The highest BCUT2D eigenvalue weighted by atomic mass is 16.3. The molecule has 0 aliphatic carbocycles. The van der Waals surface area contributed by atoms with E-state index in [0.717, 1.165) is 0 Å². The second-order valence-corrected chi connectivity index (χ2v) is 1.41. The fourth-order valence-electron chi connectivity index (χ4n) is 0.289. The van der Waals surface area contributed by atoms with E-state index in [2.05, 4.69) is 7.05 Å². The van der Waals surface area contributed by atoms with Crippen molar-refractivity contribution in [3.05, 3.63) is 7.05 Å². The van der Waals surface area contributed by atoms with Crippen LogP contribution in [0.3, 0.4) is 0 Å². The highest BCUT2D eigenvalue weighted by Crippen LogP contribution is 1.65. The summed E-state index contributed by atoms with van der Waals surface area (Å²) in [5.74, 6) is 0. The number of hydrogen-bond acceptors (Lipinski definition) is 2. The number of rotatable bonds is 3. The molecule has 0 saturated heterocycles. The normalized spacial score (nSPS) is 14.1. The lowest BCUT2D eigenvalue weighted by Gasteiger charge is -2.04. The first-order valence-corrected chi connectivity index (χ1v) is 2.30. The SMILES string of the molecule is [CH2-][NH2+]CC(O)CN. The lowest BCUT2D eigenvalue weighted by atomic mass is 10.4. The molecule has 44 valence electrons. The molecular formula is C4H12N2O. The summed E-state index contributed by atoms with van der Waals surface area (Å²) in [4.78, 5) is 0.